The van der Waals surface area contributed by atoms with Crippen LogP contribution in [0.4, 0.5) is 20.6 Å². The van der Waals surface area contributed by atoms with Crippen molar-refractivity contribution in [3.05, 3.63) is 24.0 Å². The second-order valence-electron chi connectivity index (χ2n) is 6.57. The number of halogens is 1. The third-order valence-corrected chi connectivity index (χ3v) is 3.44. The fourth-order valence-corrected chi connectivity index (χ4v) is 2.39. The molecule has 0 radical (unpaired) electrons. The van der Waals surface area contributed by atoms with E-state index in [9.17, 15) is 14.0 Å². The Morgan fingerprint density at radius 2 is 1.88 bits per heavy atom. The molecule has 6 nitrogen and oxygen atoms in total. The molecule has 24 heavy (non-hydrogen) atoms. The first-order valence-corrected chi connectivity index (χ1v) is 7.85. The molecule has 1 saturated heterocycles. The van der Waals surface area contributed by atoms with Crippen molar-refractivity contribution in [2.24, 2.45) is 0 Å². The van der Waals surface area contributed by atoms with Crippen molar-refractivity contribution in [3.63, 3.8) is 0 Å². The maximum Gasteiger partial charge on any atom is 0.421 e. The van der Waals surface area contributed by atoms with Crippen LogP contribution >= 0.6 is 0 Å². The van der Waals surface area contributed by atoms with Crippen molar-refractivity contribution in [2.45, 2.75) is 33.3 Å². The molecular formula is C17H23FN2O4. The van der Waals surface area contributed by atoms with Crippen molar-refractivity contribution < 1.29 is 23.5 Å². The Hall–Kier alpha value is -2.15. The average Bonchev–Trinajstić information content (AvgIpc) is 2.48. The number of morpholine rings is 1. The minimum absolute atomic E-state index is 0.110. The largest absolute Gasteiger partial charge is 0.443 e. The highest BCUT2D eigenvalue weighted by Crippen LogP contribution is 2.28. The molecule has 0 spiro atoms. The summed E-state index contributed by atoms with van der Waals surface area (Å²) in [6.45, 7) is 8.74. The predicted octanol–water partition coefficient (Wildman–Crippen LogP) is 2.95. The molecule has 1 aromatic rings. The van der Waals surface area contributed by atoms with E-state index in [2.05, 4.69) is 0 Å². The number of imide groups is 1. The third-order valence-electron chi connectivity index (χ3n) is 3.44. The Morgan fingerprint density at radius 3 is 2.42 bits per heavy atom. The molecule has 2 rings (SSSR count). The summed E-state index contributed by atoms with van der Waals surface area (Å²) in [5, 5.41) is 0. The number of nitrogens with zero attached hydrogens (tertiary/aromatic N) is 2. The van der Waals surface area contributed by atoms with E-state index in [4.69, 9.17) is 9.47 Å². The van der Waals surface area contributed by atoms with E-state index >= 15 is 0 Å². The molecule has 1 aromatic carbocycles. The van der Waals surface area contributed by atoms with E-state index in [1.54, 1.807) is 26.8 Å². The summed E-state index contributed by atoms with van der Waals surface area (Å²) >= 11 is 0. The van der Waals surface area contributed by atoms with Gasteiger partial charge in [0.1, 0.15) is 11.4 Å². The van der Waals surface area contributed by atoms with Crippen LogP contribution in [0.1, 0.15) is 27.7 Å². The zero-order valence-electron chi connectivity index (χ0n) is 14.5. The second-order valence-corrected chi connectivity index (χ2v) is 6.57. The van der Waals surface area contributed by atoms with Gasteiger partial charge in [-0.25, -0.2) is 14.1 Å². The predicted molar refractivity (Wildman–Crippen MR) is 88.8 cm³/mol. The summed E-state index contributed by atoms with van der Waals surface area (Å²) in [6, 6.07) is 4.37. The Kier molecular flexibility index (Phi) is 5.43. The maximum atomic E-state index is 14.3. The monoisotopic (exact) mass is 338 g/mol. The highest BCUT2D eigenvalue weighted by molar-refractivity contribution is 6.11. The van der Waals surface area contributed by atoms with Gasteiger partial charge in [0, 0.05) is 25.7 Å². The summed E-state index contributed by atoms with van der Waals surface area (Å²) in [5.41, 5.74) is -0.173. The zero-order chi connectivity index (χ0) is 17.9. The molecule has 0 aromatic heterocycles. The summed E-state index contributed by atoms with van der Waals surface area (Å²) in [4.78, 5) is 27.0. The molecule has 1 heterocycles. The molecule has 0 N–H and O–H groups in total. The maximum absolute atomic E-state index is 14.3. The fraction of sp³-hybridized carbons (Fsp3) is 0.529. The quantitative estimate of drug-likeness (QED) is 0.830. The van der Waals surface area contributed by atoms with Gasteiger partial charge in [0.25, 0.3) is 0 Å². The highest BCUT2D eigenvalue weighted by Gasteiger charge is 2.29. The molecule has 0 bridgehead atoms. The summed E-state index contributed by atoms with van der Waals surface area (Å²) in [6.07, 6.45) is -0.895. The van der Waals surface area contributed by atoms with Crippen molar-refractivity contribution in [1.82, 2.24) is 0 Å². The first-order valence-electron chi connectivity index (χ1n) is 7.85. The van der Waals surface area contributed by atoms with Gasteiger partial charge < -0.3 is 14.4 Å². The average molecular weight is 338 g/mol. The molecule has 0 atom stereocenters. The van der Waals surface area contributed by atoms with Gasteiger partial charge in [0.15, 0.2) is 0 Å². The number of anilines is 2. The van der Waals surface area contributed by atoms with E-state index in [-0.39, 0.29) is 5.69 Å². The molecule has 0 saturated carbocycles. The summed E-state index contributed by atoms with van der Waals surface area (Å²) in [7, 11) is 0. The van der Waals surface area contributed by atoms with Crippen LogP contribution in [-0.2, 0) is 14.3 Å². The van der Waals surface area contributed by atoms with Crippen LogP contribution in [-0.4, -0.2) is 43.9 Å². The number of benzene rings is 1. The molecule has 7 heteroatoms. The van der Waals surface area contributed by atoms with Gasteiger partial charge in [-0.05, 0) is 39.0 Å². The Morgan fingerprint density at radius 1 is 1.25 bits per heavy atom. The van der Waals surface area contributed by atoms with Crippen molar-refractivity contribution in [3.8, 4) is 0 Å². The Labute approximate surface area is 141 Å². The summed E-state index contributed by atoms with van der Waals surface area (Å²) in [5.74, 6) is -1.27. The number of ether oxygens (including phenoxy) is 2. The Bertz CT molecular complexity index is 622. The lowest BCUT2D eigenvalue weighted by Gasteiger charge is -2.30. The first-order chi connectivity index (χ1) is 11.2. The van der Waals surface area contributed by atoms with Crippen LogP contribution in [0.2, 0.25) is 0 Å². The third kappa shape index (κ3) is 4.44. The standard InChI is InChI=1S/C17H23FN2O4/c1-12(21)20(16(22)24-17(2,3)4)15-11-13(5-6-14(15)18)19-7-9-23-10-8-19/h5-6,11H,7-10H2,1-4H3. The van der Waals surface area contributed by atoms with Crippen molar-refractivity contribution in [2.75, 3.05) is 36.1 Å². The topological polar surface area (TPSA) is 59.1 Å². The van der Waals surface area contributed by atoms with Crippen LogP contribution in [0.5, 0.6) is 0 Å². The molecule has 0 unspecified atom stereocenters. The molecule has 2 amide bonds. The van der Waals surface area contributed by atoms with Crippen LogP contribution in [0.15, 0.2) is 18.2 Å². The fourth-order valence-electron chi connectivity index (χ4n) is 2.39. The van der Waals surface area contributed by atoms with Crippen LogP contribution in [0.3, 0.4) is 0 Å². The number of hydrogen-bond acceptors (Lipinski definition) is 5. The van der Waals surface area contributed by atoms with E-state index in [0.717, 1.165) is 10.6 Å². The van der Waals surface area contributed by atoms with Gasteiger partial charge in [-0.3, -0.25) is 4.79 Å². The van der Waals surface area contributed by atoms with E-state index in [1.807, 2.05) is 4.90 Å². The van der Waals surface area contributed by atoms with Gasteiger partial charge >= 0.3 is 6.09 Å². The lowest BCUT2D eigenvalue weighted by atomic mass is 10.2. The number of carbonyl (C=O) groups is 2. The van der Waals surface area contributed by atoms with Crippen LogP contribution < -0.4 is 9.80 Å². The smallest absolute Gasteiger partial charge is 0.421 e. The van der Waals surface area contributed by atoms with E-state index in [0.29, 0.717) is 26.3 Å². The number of hydrogen-bond donors (Lipinski definition) is 0. The lowest BCUT2D eigenvalue weighted by Crippen LogP contribution is -2.40. The number of carbonyl (C=O) groups excluding carboxylic acids is 2. The van der Waals surface area contributed by atoms with Crippen molar-refractivity contribution >= 4 is 23.4 Å². The molecule has 1 aliphatic heterocycles. The SMILES string of the molecule is CC(=O)N(C(=O)OC(C)(C)C)c1cc(N2CCOCC2)ccc1F. The second kappa shape index (κ2) is 7.17. The molecule has 1 fully saturated rings. The van der Waals surface area contributed by atoms with Gasteiger partial charge in [-0.15, -0.1) is 0 Å². The minimum Gasteiger partial charge on any atom is -0.443 e. The lowest BCUT2D eigenvalue weighted by molar-refractivity contribution is -0.116. The van der Waals surface area contributed by atoms with Gasteiger partial charge in [0.05, 0.1) is 18.9 Å². The minimum atomic E-state index is -0.895. The number of amides is 2. The summed E-state index contributed by atoms with van der Waals surface area (Å²) < 4.78 is 24.8. The van der Waals surface area contributed by atoms with Gasteiger partial charge in [-0.2, -0.15) is 0 Å². The van der Waals surface area contributed by atoms with Crippen molar-refractivity contribution in [1.29, 1.82) is 0 Å². The van der Waals surface area contributed by atoms with E-state index in [1.165, 1.54) is 19.1 Å². The van der Waals surface area contributed by atoms with E-state index < -0.39 is 23.4 Å². The molecular weight excluding hydrogens is 315 g/mol. The van der Waals surface area contributed by atoms with Gasteiger partial charge in [0.2, 0.25) is 5.91 Å². The first kappa shape index (κ1) is 18.2. The van der Waals surface area contributed by atoms with Crippen LogP contribution in [0, 0.1) is 5.82 Å². The normalized spacial score (nSPS) is 15.1. The highest BCUT2D eigenvalue weighted by atomic mass is 19.1. The Balaban J connectivity index is 2.35. The van der Waals surface area contributed by atoms with Gasteiger partial charge in [-0.1, -0.05) is 0 Å². The number of rotatable bonds is 2. The molecule has 132 valence electrons. The van der Waals surface area contributed by atoms with Crippen LogP contribution in [0.25, 0.3) is 0 Å². The molecule has 0 aliphatic carbocycles. The molecule has 1 aliphatic rings. The zero-order valence-corrected chi connectivity index (χ0v) is 14.5.